The quantitative estimate of drug-likeness (QED) is 0.453. The molecule has 0 heterocycles. The van der Waals surface area contributed by atoms with Crippen LogP contribution in [0.25, 0.3) is 10.4 Å². The SMILES string of the molecule is Cc1ccc(S(=O)(=O)NCC(N=[N+]=[N-])c2ccc(Br)cc2)cc1. The molecule has 1 N–H and O–H groups in total. The van der Waals surface area contributed by atoms with E-state index < -0.39 is 16.1 Å². The van der Waals surface area contributed by atoms with Crippen LogP contribution >= 0.6 is 15.9 Å². The summed E-state index contributed by atoms with van der Waals surface area (Å²) in [6, 6.07) is 13.1. The number of hydrogen-bond acceptors (Lipinski definition) is 3. The largest absolute Gasteiger partial charge is 0.240 e. The highest BCUT2D eigenvalue weighted by Gasteiger charge is 2.17. The first-order valence-corrected chi connectivity index (χ1v) is 9.06. The molecule has 6 nitrogen and oxygen atoms in total. The molecule has 0 spiro atoms. The summed E-state index contributed by atoms with van der Waals surface area (Å²) in [5.41, 5.74) is 10.4. The average Bonchev–Trinajstić information content (AvgIpc) is 2.53. The van der Waals surface area contributed by atoms with Gasteiger partial charge in [-0.3, -0.25) is 0 Å². The van der Waals surface area contributed by atoms with Gasteiger partial charge in [-0.2, -0.15) is 0 Å². The maximum atomic E-state index is 12.3. The van der Waals surface area contributed by atoms with Crippen molar-refractivity contribution in [3.8, 4) is 0 Å². The third-order valence-electron chi connectivity index (χ3n) is 3.24. The van der Waals surface area contributed by atoms with Gasteiger partial charge >= 0.3 is 0 Å². The van der Waals surface area contributed by atoms with Crippen molar-refractivity contribution in [2.75, 3.05) is 6.54 Å². The number of nitrogens with zero attached hydrogens (tertiary/aromatic N) is 3. The first kappa shape index (κ1) is 17.5. The smallest absolute Gasteiger partial charge is 0.210 e. The minimum atomic E-state index is -3.65. The van der Waals surface area contributed by atoms with E-state index in [0.29, 0.717) is 0 Å². The molecule has 0 aliphatic carbocycles. The zero-order valence-corrected chi connectivity index (χ0v) is 14.8. The van der Waals surface area contributed by atoms with Gasteiger partial charge in [0.15, 0.2) is 0 Å². The zero-order chi connectivity index (χ0) is 16.9. The predicted molar refractivity (Wildman–Crippen MR) is 92.4 cm³/mol. The van der Waals surface area contributed by atoms with Crippen molar-refractivity contribution in [3.05, 3.63) is 74.6 Å². The first-order valence-electron chi connectivity index (χ1n) is 6.78. The Kier molecular flexibility index (Phi) is 5.79. The van der Waals surface area contributed by atoms with Gasteiger partial charge in [-0.05, 0) is 42.3 Å². The lowest BCUT2D eigenvalue weighted by Gasteiger charge is -2.13. The molecule has 0 aliphatic heterocycles. The lowest BCUT2D eigenvalue weighted by molar-refractivity contribution is 0.572. The van der Waals surface area contributed by atoms with Gasteiger partial charge in [-0.15, -0.1) is 0 Å². The van der Waals surface area contributed by atoms with Crippen molar-refractivity contribution in [3.63, 3.8) is 0 Å². The van der Waals surface area contributed by atoms with Gasteiger partial charge in [0.25, 0.3) is 0 Å². The Labute approximate surface area is 143 Å². The predicted octanol–water partition coefficient (Wildman–Crippen LogP) is 4.09. The Morgan fingerprint density at radius 2 is 1.78 bits per heavy atom. The molecule has 0 saturated heterocycles. The second kappa shape index (κ2) is 7.61. The Morgan fingerprint density at radius 3 is 2.35 bits per heavy atom. The fourth-order valence-electron chi connectivity index (χ4n) is 1.96. The summed E-state index contributed by atoms with van der Waals surface area (Å²) in [7, 11) is -3.65. The normalized spacial score (nSPS) is 12.4. The van der Waals surface area contributed by atoms with Gasteiger partial charge in [0.1, 0.15) is 0 Å². The van der Waals surface area contributed by atoms with Crippen LogP contribution < -0.4 is 4.72 Å². The second-order valence-electron chi connectivity index (χ2n) is 4.94. The van der Waals surface area contributed by atoms with Crippen LogP contribution in [0.3, 0.4) is 0 Å². The van der Waals surface area contributed by atoms with E-state index in [0.717, 1.165) is 15.6 Å². The van der Waals surface area contributed by atoms with Crippen LogP contribution in [0.4, 0.5) is 0 Å². The van der Waals surface area contributed by atoms with Crippen molar-refractivity contribution in [2.24, 2.45) is 5.11 Å². The molecular formula is C15H15BrN4O2S. The van der Waals surface area contributed by atoms with Crippen LogP contribution in [0.1, 0.15) is 17.2 Å². The minimum Gasteiger partial charge on any atom is -0.210 e. The van der Waals surface area contributed by atoms with Crippen LogP contribution in [0.2, 0.25) is 0 Å². The summed E-state index contributed by atoms with van der Waals surface area (Å²) in [5, 5.41) is 3.67. The van der Waals surface area contributed by atoms with Gasteiger partial charge in [-0.1, -0.05) is 50.9 Å². The highest BCUT2D eigenvalue weighted by molar-refractivity contribution is 9.10. The lowest BCUT2D eigenvalue weighted by Crippen LogP contribution is -2.28. The number of azide groups is 1. The van der Waals surface area contributed by atoms with E-state index in [2.05, 4.69) is 30.7 Å². The molecule has 0 saturated carbocycles. The Balaban J connectivity index is 2.16. The molecule has 1 atom stereocenters. The van der Waals surface area contributed by atoms with Crippen LogP contribution in [-0.4, -0.2) is 15.0 Å². The van der Waals surface area contributed by atoms with E-state index in [1.165, 1.54) is 0 Å². The fourth-order valence-corrected chi connectivity index (χ4v) is 3.26. The van der Waals surface area contributed by atoms with Crippen LogP contribution in [-0.2, 0) is 10.0 Å². The summed E-state index contributed by atoms with van der Waals surface area (Å²) in [4.78, 5) is 2.98. The van der Waals surface area contributed by atoms with Gasteiger partial charge < -0.3 is 0 Å². The number of benzene rings is 2. The Hall–Kier alpha value is -1.86. The standard InChI is InChI=1S/C15H15BrN4O2S/c1-11-2-8-14(9-3-11)23(21,22)18-10-15(19-20-17)12-4-6-13(16)7-5-12/h2-9,15,18H,10H2,1H3. The summed E-state index contributed by atoms with van der Waals surface area (Å²) in [5.74, 6) is 0. The summed E-state index contributed by atoms with van der Waals surface area (Å²) < 4.78 is 27.9. The molecule has 0 radical (unpaired) electrons. The monoisotopic (exact) mass is 394 g/mol. The molecule has 120 valence electrons. The van der Waals surface area contributed by atoms with E-state index in [4.69, 9.17) is 5.53 Å². The molecule has 8 heteroatoms. The van der Waals surface area contributed by atoms with Crippen molar-refractivity contribution in [2.45, 2.75) is 17.9 Å². The van der Waals surface area contributed by atoms with Crippen LogP contribution in [0.15, 0.2) is 63.0 Å². The van der Waals surface area contributed by atoms with E-state index in [-0.39, 0.29) is 11.4 Å². The van der Waals surface area contributed by atoms with E-state index in [9.17, 15) is 8.42 Å². The molecule has 0 aromatic heterocycles. The molecule has 0 amide bonds. The van der Waals surface area contributed by atoms with E-state index in [1.807, 2.05) is 19.1 Å². The van der Waals surface area contributed by atoms with Crippen molar-refractivity contribution in [1.29, 1.82) is 0 Å². The minimum absolute atomic E-state index is 0.0120. The maximum absolute atomic E-state index is 12.3. The number of aryl methyl sites for hydroxylation is 1. The van der Waals surface area contributed by atoms with Gasteiger partial charge in [0, 0.05) is 15.9 Å². The number of rotatable bonds is 6. The van der Waals surface area contributed by atoms with Gasteiger partial charge in [0.2, 0.25) is 10.0 Å². The second-order valence-corrected chi connectivity index (χ2v) is 7.62. The highest BCUT2D eigenvalue weighted by Crippen LogP contribution is 2.20. The number of nitrogens with one attached hydrogen (secondary N) is 1. The van der Waals surface area contributed by atoms with Crippen LogP contribution in [0.5, 0.6) is 0 Å². The number of sulfonamides is 1. The third-order valence-corrected chi connectivity index (χ3v) is 5.21. The third kappa shape index (κ3) is 4.80. The van der Waals surface area contributed by atoms with Crippen molar-refractivity contribution >= 4 is 26.0 Å². The molecule has 2 aromatic carbocycles. The van der Waals surface area contributed by atoms with Gasteiger partial charge in [-0.25, -0.2) is 13.1 Å². The maximum Gasteiger partial charge on any atom is 0.240 e. The molecular weight excluding hydrogens is 380 g/mol. The van der Waals surface area contributed by atoms with Crippen molar-refractivity contribution < 1.29 is 8.42 Å². The highest BCUT2D eigenvalue weighted by atomic mass is 79.9. The topological polar surface area (TPSA) is 94.9 Å². The van der Waals surface area contributed by atoms with Crippen LogP contribution in [0, 0.1) is 6.92 Å². The molecule has 2 rings (SSSR count). The molecule has 0 bridgehead atoms. The van der Waals surface area contributed by atoms with Gasteiger partial charge in [0.05, 0.1) is 10.9 Å². The lowest BCUT2D eigenvalue weighted by atomic mass is 10.1. The molecule has 23 heavy (non-hydrogen) atoms. The number of hydrogen-bond donors (Lipinski definition) is 1. The molecule has 0 aliphatic rings. The number of halogens is 1. The summed E-state index contributed by atoms with van der Waals surface area (Å²) in [6.45, 7) is 1.87. The molecule has 0 fully saturated rings. The van der Waals surface area contributed by atoms with E-state index >= 15 is 0 Å². The molecule has 2 aromatic rings. The first-order chi connectivity index (χ1) is 10.9. The Morgan fingerprint density at radius 1 is 1.17 bits per heavy atom. The summed E-state index contributed by atoms with van der Waals surface area (Å²) in [6.07, 6.45) is 0. The fraction of sp³-hybridized carbons (Fsp3) is 0.200. The molecule has 1 unspecified atom stereocenters. The van der Waals surface area contributed by atoms with Crippen molar-refractivity contribution in [1.82, 2.24) is 4.72 Å². The Bertz CT molecular complexity index is 814. The van der Waals surface area contributed by atoms with E-state index in [1.54, 1.807) is 36.4 Å². The zero-order valence-electron chi connectivity index (χ0n) is 12.3. The summed E-state index contributed by atoms with van der Waals surface area (Å²) >= 11 is 3.33. The average molecular weight is 395 g/mol.